The second-order valence-corrected chi connectivity index (χ2v) is 9.38. The third kappa shape index (κ3) is 3.88. The number of rotatable bonds is 5. The average molecular weight is 444 g/mol. The predicted molar refractivity (Wildman–Crippen MR) is 112 cm³/mol. The maximum absolute atomic E-state index is 15.2. The highest BCUT2D eigenvalue weighted by Crippen LogP contribution is 2.30. The quantitative estimate of drug-likeness (QED) is 0.441. The number of pyridine rings is 1. The van der Waals surface area contributed by atoms with Gasteiger partial charge in [-0.25, -0.2) is 22.0 Å². The minimum Gasteiger partial charge on any atom is -0.345 e. The van der Waals surface area contributed by atoms with E-state index < -0.39 is 43.9 Å². The Bertz CT molecular complexity index is 1320. The van der Waals surface area contributed by atoms with Crippen LogP contribution in [0.15, 0.2) is 30.6 Å². The molecule has 2 aromatic heterocycles. The second-order valence-electron chi connectivity index (χ2n) is 7.42. The summed E-state index contributed by atoms with van der Waals surface area (Å²) in [6.45, 7) is 7.08. The van der Waals surface area contributed by atoms with E-state index in [4.69, 9.17) is 6.57 Å². The average Bonchev–Trinajstić information content (AvgIpc) is 3.19. The number of nitrogens with one attached hydrogen (secondary N) is 2. The summed E-state index contributed by atoms with van der Waals surface area (Å²) in [5.74, 6) is -3.39. The van der Waals surface area contributed by atoms with Gasteiger partial charge in [0.05, 0.1) is 23.1 Å². The van der Waals surface area contributed by atoms with Crippen molar-refractivity contribution in [1.82, 2.24) is 9.97 Å². The number of hydrogen-bond acceptors (Lipinski definition) is 4. The Kier molecular flexibility index (Phi) is 5.45. The van der Waals surface area contributed by atoms with E-state index in [9.17, 15) is 17.6 Å². The van der Waals surface area contributed by atoms with Crippen LogP contribution in [-0.4, -0.2) is 29.4 Å². The molecule has 2 N–H and O–H groups in total. The molecule has 0 saturated heterocycles. The van der Waals surface area contributed by atoms with Gasteiger partial charge in [-0.05, 0) is 31.0 Å². The van der Waals surface area contributed by atoms with Gasteiger partial charge in [0, 0.05) is 23.3 Å². The summed E-state index contributed by atoms with van der Waals surface area (Å²) in [4.78, 5) is 23.0. The van der Waals surface area contributed by atoms with Crippen molar-refractivity contribution in [3.63, 3.8) is 0 Å². The Morgan fingerprint density at radius 1 is 1.23 bits per heavy atom. The lowest BCUT2D eigenvalue weighted by molar-refractivity contribution is 0.103. The number of ketones is 1. The van der Waals surface area contributed by atoms with Crippen LogP contribution >= 0.6 is 0 Å². The van der Waals surface area contributed by atoms with Gasteiger partial charge in [0.15, 0.2) is 5.82 Å². The molecule has 31 heavy (non-hydrogen) atoms. The molecule has 7 nitrogen and oxygen atoms in total. The number of H-pyrrole nitrogens is 1. The zero-order chi connectivity index (χ0) is 22.2. The van der Waals surface area contributed by atoms with Crippen LogP contribution in [0.4, 0.5) is 20.2 Å². The fourth-order valence-corrected chi connectivity index (χ4v) is 5.41. The van der Waals surface area contributed by atoms with Crippen LogP contribution in [-0.2, 0) is 10.0 Å². The van der Waals surface area contributed by atoms with Crippen LogP contribution in [0.3, 0.4) is 0 Å². The minimum absolute atomic E-state index is 0.0712. The van der Waals surface area contributed by atoms with Crippen LogP contribution in [0, 0.1) is 18.2 Å². The fraction of sp³-hybridized carbons (Fsp3) is 0.286. The molecule has 160 valence electrons. The lowest BCUT2D eigenvalue weighted by atomic mass is 10.0. The van der Waals surface area contributed by atoms with E-state index in [0.717, 1.165) is 31.4 Å². The number of carbonyl (C=O) groups is 1. The third-order valence-electron chi connectivity index (χ3n) is 5.45. The fourth-order valence-electron chi connectivity index (χ4n) is 3.83. The molecule has 0 bridgehead atoms. The van der Waals surface area contributed by atoms with Crippen molar-refractivity contribution < 1.29 is 22.0 Å². The van der Waals surface area contributed by atoms with Gasteiger partial charge in [0.1, 0.15) is 11.5 Å². The predicted octanol–water partition coefficient (Wildman–Crippen LogP) is 4.70. The van der Waals surface area contributed by atoms with Gasteiger partial charge in [0.25, 0.3) is 0 Å². The summed E-state index contributed by atoms with van der Waals surface area (Å²) < 4.78 is 57.1. The van der Waals surface area contributed by atoms with Crippen molar-refractivity contribution in [1.29, 1.82) is 0 Å². The van der Waals surface area contributed by atoms with Crippen LogP contribution in [0.25, 0.3) is 15.9 Å². The molecule has 1 aliphatic carbocycles. The van der Waals surface area contributed by atoms with Crippen molar-refractivity contribution >= 4 is 38.2 Å². The number of carbonyl (C=O) groups excluding carboxylic acids is 1. The molecule has 3 aromatic rings. The highest BCUT2D eigenvalue weighted by atomic mass is 32.2. The Balaban J connectivity index is 1.73. The van der Waals surface area contributed by atoms with Gasteiger partial charge in [-0.1, -0.05) is 19.3 Å². The van der Waals surface area contributed by atoms with Crippen molar-refractivity contribution in [2.75, 3.05) is 4.72 Å². The summed E-state index contributed by atoms with van der Waals surface area (Å²) in [5.41, 5.74) is -0.979. The molecule has 0 amide bonds. The maximum atomic E-state index is 15.2. The third-order valence-corrected chi connectivity index (χ3v) is 7.31. The number of anilines is 1. The van der Waals surface area contributed by atoms with E-state index in [-0.39, 0.29) is 22.3 Å². The summed E-state index contributed by atoms with van der Waals surface area (Å²) in [6, 6.07) is 3.22. The molecule has 1 fully saturated rings. The normalized spacial score (nSPS) is 15.0. The second kappa shape index (κ2) is 8.07. The molecule has 4 rings (SSSR count). The number of nitrogens with zero attached hydrogens (tertiary/aromatic N) is 2. The van der Waals surface area contributed by atoms with Crippen molar-refractivity contribution in [3.8, 4) is 0 Å². The summed E-state index contributed by atoms with van der Waals surface area (Å²) >= 11 is 0. The molecule has 2 heterocycles. The Morgan fingerprint density at radius 2 is 1.97 bits per heavy atom. The molecule has 0 unspecified atom stereocenters. The first kappa shape index (κ1) is 20.9. The smallest absolute Gasteiger partial charge is 0.235 e. The van der Waals surface area contributed by atoms with E-state index in [0.29, 0.717) is 12.8 Å². The topological polar surface area (TPSA) is 96.3 Å². The number of sulfonamides is 1. The zero-order valence-corrected chi connectivity index (χ0v) is 17.1. The van der Waals surface area contributed by atoms with Crippen molar-refractivity contribution in [2.45, 2.75) is 37.4 Å². The van der Waals surface area contributed by atoms with Gasteiger partial charge in [0.2, 0.25) is 21.5 Å². The van der Waals surface area contributed by atoms with Crippen molar-refractivity contribution in [3.05, 3.63) is 64.8 Å². The molecular formula is C21H18F2N4O3S. The highest BCUT2D eigenvalue weighted by Gasteiger charge is 2.30. The minimum atomic E-state index is -3.88. The summed E-state index contributed by atoms with van der Waals surface area (Å²) in [6.07, 6.45) is 5.98. The van der Waals surface area contributed by atoms with Gasteiger partial charge in [-0.15, -0.1) is 0 Å². The molecule has 1 aliphatic rings. The van der Waals surface area contributed by atoms with E-state index >= 15 is 4.39 Å². The maximum Gasteiger partial charge on any atom is 0.235 e. The number of aromatic nitrogens is 2. The standard InChI is InChI=1S/C21H18F2N4O3S/c1-24-12-9-14-15(11-26-21(14)25-10-12)20(28)18-16(22)7-8-17(19(18)23)27-31(29,30)13-5-3-2-4-6-13/h7-11,13,27H,2-6H2,(H,25,26). The van der Waals surface area contributed by atoms with E-state index in [1.807, 2.05) is 0 Å². The Hall–Kier alpha value is -3.32. The first-order valence-corrected chi connectivity index (χ1v) is 11.3. The monoisotopic (exact) mass is 444 g/mol. The van der Waals surface area contributed by atoms with E-state index in [2.05, 4.69) is 19.5 Å². The Labute approximate surface area is 177 Å². The SMILES string of the molecule is [C-]#[N+]c1cnc2[nH]cc(C(=O)c3c(F)ccc(NS(=O)(=O)C4CCCCC4)c3F)c2c1. The van der Waals surface area contributed by atoms with Crippen LogP contribution in [0.1, 0.15) is 48.0 Å². The van der Waals surface area contributed by atoms with Crippen LogP contribution in [0.2, 0.25) is 0 Å². The summed E-state index contributed by atoms with van der Waals surface area (Å²) in [7, 11) is -3.88. The molecular weight excluding hydrogens is 426 g/mol. The van der Waals surface area contributed by atoms with E-state index in [1.165, 1.54) is 18.5 Å². The zero-order valence-electron chi connectivity index (χ0n) is 16.3. The number of aromatic amines is 1. The molecule has 0 atom stereocenters. The molecule has 0 spiro atoms. The van der Waals surface area contributed by atoms with Crippen LogP contribution < -0.4 is 4.72 Å². The largest absolute Gasteiger partial charge is 0.345 e. The first-order valence-electron chi connectivity index (χ1n) is 9.70. The van der Waals surface area contributed by atoms with Crippen LogP contribution in [0.5, 0.6) is 0 Å². The first-order chi connectivity index (χ1) is 14.8. The lowest BCUT2D eigenvalue weighted by Crippen LogP contribution is -2.30. The lowest BCUT2D eigenvalue weighted by Gasteiger charge is -2.22. The number of fused-ring (bicyclic) bond motifs is 1. The molecule has 1 saturated carbocycles. The molecule has 1 aromatic carbocycles. The summed E-state index contributed by atoms with van der Waals surface area (Å²) in [5, 5.41) is -0.415. The highest BCUT2D eigenvalue weighted by molar-refractivity contribution is 7.93. The van der Waals surface area contributed by atoms with Gasteiger partial charge in [-0.3, -0.25) is 14.5 Å². The number of halogens is 2. The molecule has 0 aliphatic heterocycles. The van der Waals surface area contributed by atoms with Gasteiger partial charge < -0.3 is 4.98 Å². The molecule has 0 radical (unpaired) electrons. The Morgan fingerprint density at radius 3 is 2.68 bits per heavy atom. The number of hydrogen-bond donors (Lipinski definition) is 2. The van der Waals surface area contributed by atoms with E-state index in [1.54, 1.807) is 0 Å². The van der Waals surface area contributed by atoms with Gasteiger partial charge >= 0.3 is 0 Å². The molecule has 10 heteroatoms. The number of benzene rings is 1. The van der Waals surface area contributed by atoms with Crippen molar-refractivity contribution in [2.24, 2.45) is 0 Å². The van der Waals surface area contributed by atoms with Gasteiger partial charge in [-0.2, -0.15) is 0 Å².